The van der Waals surface area contributed by atoms with E-state index in [-0.39, 0.29) is 17.5 Å². The fourth-order valence-electron chi connectivity index (χ4n) is 3.66. The Bertz CT molecular complexity index is 1110. The molecule has 0 aliphatic carbocycles. The van der Waals surface area contributed by atoms with Crippen molar-refractivity contribution in [3.8, 4) is 5.69 Å². The van der Waals surface area contributed by atoms with Crippen molar-refractivity contribution in [3.63, 3.8) is 0 Å². The highest BCUT2D eigenvalue weighted by atomic mass is 32.2. The van der Waals surface area contributed by atoms with Gasteiger partial charge in [0.25, 0.3) is 0 Å². The first-order valence-corrected chi connectivity index (χ1v) is 11.3. The van der Waals surface area contributed by atoms with Crippen LogP contribution < -0.4 is 11.0 Å². The van der Waals surface area contributed by atoms with Gasteiger partial charge in [0.05, 0.1) is 5.69 Å². The van der Waals surface area contributed by atoms with Crippen molar-refractivity contribution in [2.75, 3.05) is 18.5 Å². The molecule has 1 aliphatic rings. The van der Waals surface area contributed by atoms with Gasteiger partial charge in [-0.2, -0.15) is 9.78 Å². The van der Waals surface area contributed by atoms with Crippen LogP contribution in [-0.4, -0.2) is 33.5 Å². The molecule has 4 rings (SSSR count). The van der Waals surface area contributed by atoms with E-state index < -0.39 is 0 Å². The Kier molecular flexibility index (Phi) is 6.58. The normalized spacial score (nSPS) is 14.5. The van der Waals surface area contributed by atoms with Crippen LogP contribution in [0.25, 0.3) is 5.69 Å². The van der Waals surface area contributed by atoms with Gasteiger partial charge in [0, 0.05) is 41.2 Å². The van der Waals surface area contributed by atoms with E-state index in [2.05, 4.69) is 10.4 Å². The van der Waals surface area contributed by atoms with Gasteiger partial charge < -0.3 is 10.1 Å². The number of hydrogen-bond acceptors (Lipinski definition) is 5. The molecular formula is C23H26N4O3S. The molecule has 0 spiro atoms. The third kappa shape index (κ3) is 4.91. The van der Waals surface area contributed by atoms with Gasteiger partial charge in [-0.05, 0) is 69.2 Å². The molecule has 1 N–H and O–H groups in total. The molecule has 1 fully saturated rings. The maximum absolute atomic E-state index is 12.5. The van der Waals surface area contributed by atoms with E-state index in [1.165, 1.54) is 4.68 Å². The molecule has 0 unspecified atom stereocenters. The number of amides is 1. The molecular weight excluding hydrogens is 412 g/mol. The number of rotatable bonds is 6. The second-order valence-electron chi connectivity index (χ2n) is 7.49. The Morgan fingerprint density at radius 2 is 1.90 bits per heavy atom. The highest BCUT2D eigenvalue weighted by Gasteiger charge is 2.21. The molecule has 2 aromatic carbocycles. The van der Waals surface area contributed by atoms with Crippen LogP contribution in [0.4, 0.5) is 5.69 Å². The van der Waals surface area contributed by atoms with Crippen molar-refractivity contribution in [1.82, 2.24) is 14.3 Å². The number of aryl methyl sites for hydroxylation is 1. The van der Waals surface area contributed by atoms with Gasteiger partial charge in [0.15, 0.2) is 0 Å². The average molecular weight is 439 g/mol. The van der Waals surface area contributed by atoms with Crippen molar-refractivity contribution in [2.24, 2.45) is 5.92 Å². The Morgan fingerprint density at radius 1 is 1.16 bits per heavy atom. The highest BCUT2D eigenvalue weighted by Crippen LogP contribution is 2.30. The lowest BCUT2D eigenvalue weighted by atomic mass is 9.99. The summed E-state index contributed by atoms with van der Waals surface area (Å²) in [5, 5.41) is 7.39. The van der Waals surface area contributed by atoms with Gasteiger partial charge in [-0.1, -0.05) is 17.8 Å². The molecule has 162 valence electrons. The number of ether oxygens (including phenoxy) is 1. The van der Waals surface area contributed by atoms with Gasteiger partial charge in [0.1, 0.15) is 5.82 Å². The third-order valence-electron chi connectivity index (χ3n) is 5.37. The van der Waals surface area contributed by atoms with Crippen LogP contribution in [0.5, 0.6) is 0 Å². The number of carbonyl (C=O) groups excluding carboxylic acids is 1. The number of nitrogens with one attached hydrogen (secondary N) is 1. The Hall–Kier alpha value is -2.84. The molecule has 3 aromatic rings. The molecule has 8 heteroatoms. The molecule has 1 saturated heterocycles. The number of nitrogens with zero attached hydrogens (tertiary/aromatic N) is 3. The van der Waals surface area contributed by atoms with Gasteiger partial charge in [0.2, 0.25) is 5.91 Å². The zero-order chi connectivity index (χ0) is 21.8. The highest BCUT2D eigenvalue weighted by molar-refractivity contribution is 7.99. The summed E-state index contributed by atoms with van der Waals surface area (Å²) in [7, 11) is 0. The summed E-state index contributed by atoms with van der Waals surface area (Å²) in [4.78, 5) is 27.0. The zero-order valence-electron chi connectivity index (χ0n) is 17.7. The molecule has 0 bridgehead atoms. The second-order valence-corrected chi connectivity index (χ2v) is 8.63. The van der Waals surface area contributed by atoms with E-state index in [0.717, 1.165) is 34.0 Å². The van der Waals surface area contributed by atoms with E-state index in [4.69, 9.17) is 4.74 Å². The number of hydrogen-bond donors (Lipinski definition) is 1. The van der Waals surface area contributed by atoms with E-state index in [1.54, 1.807) is 16.3 Å². The molecule has 0 atom stereocenters. The SMILES string of the molecule is CCn1c(C)nn(-c2ccc(Sc3cccc(NC(=O)C4CCOCC4)c3)cc2)c1=O. The summed E-state index contributed by atoms with van der Waals surface area (Å²) in [6, 6.07) is 15.6. The summed E-state index contributed by atoms with van der Waals surface area (Å²) in [5.74, 6) is 0.772. The molecule has 1 aliphatic heterocycles. The first kappa shape index (κ1) is 21.4. The third-order valence-corrected chi connectivity index (χ3v) is 6.37. The average Bonchev–Trinajstić information content (AvgIpc) is 3.08. The van der Waals surface area contributed by atoms with Crippen molar-refractivity contribution < 1.29 is 9.53 Å². The maximum atomic E-state index is 12.5. The fourth-order valence-corrected chi connectivity index (χ4v) is 4.54. The number of anilines is 1. The topological polar surface area (TPSA) is 78.2 Å². The van der Waals surface area contributed by atoms with Gasteiger partial charge in [-0.25, -0.2) is 4.79 Å². The summed E-state index contributed by atoms with van der Waals surface area (Å²) >= 11 is 1.60. The molecule has 1 aromatic heterocycles. The molecule has 0 saturated carbocycles. The quantitative estimate of drug-likeness (QED) is 0.632. The maximum Gasteiger partial charge on any atom is 0.350 e. The fraction of sp³-hybridized carbons (Fsp3) is 0.348. The number of carbonyl (C=O) groups is 1. The van der Waals surface area contributed by atoms with Crippen LogP contribution in [0.3, 0.4) is 0 Å². The summed E-state index contributed by atoms with van der Waals surface area (Å²) < 4.78 is 8.41. The van der Waals surface area contributed by atoms with Crippen LogP contribution in [0.1, 0.15) is 25.6 Å². The van der Waals surface area contributed by atoms with E-state index in [0.29, 0.717) is 25.6 Å². The van der Waals surface area contributed by atoms with Gasteiger partial charge in [-0.15, -0.1) is 0 Å². The van der Waals surface area contributed by atoms with E-state index in [1.807, 2.05) is 62.4 Å². The molecule has 0 radical (unpaired) electrons. The molecule has 7 nitrogen and oxygen atoms in total. The molecule has 31 heavy (non-hydrogen) atoms. The Morgan fingerprint density at radius 3 is 2.58 bits per heavy atom. The van der Waals surface area contributed by atoms with E-state index in [9.17, 15) is 9.59 Å². The predicted molar refractivity (Wildman–Crippen MR) is 121 cm³/mol. The number of benzene rings is 2. The minimum absolute atomic E-state index is 0.0147. The Labute approximate surface area is 185 Å². The zero-order valence-corrected chi connectivity index (χ0v) is 18.5. The van der Waals surface area contributed by atoms with Crippen LogP contribution in [-0.2, 0) is 16.1 Å². The largest absolute Gasteiger partial charge is 0.381 e. The van der Waals surface area contributed by atoms with Gasteiger partial charge >= 0.3 is 5.69 Å². The minimum atomic E-state index is -0.131. The molecule has 2 heterocycles. The van der Waals surface area contributed by atoms with Crippen LogP contribution in [0, 0.1) is 12.8 Å². The lowest BCUT2D eigenvalue weighted by Crippen LogP contribution is -2.28. The predicted octanol–water partition coefficient (Wildman–Crippen LogP) is 3.88. The first-order chi connectivity index (χ1) is 15.0. The standard InChI is InChI=1S/C23H26N4O3S/c1-3-26-16(2)25-27(23(26)29)19-7-9-20(10-8-19)31-21-6-4-5-18(15-21)24-22(28)17-11-13-30-14-12-17/h4-10,15,17H,3,11-14H2,1-2H3,(H,24,28). The Balaban J connectivity index is 1.44. The first-order valence-electron chi connectivity index (χ1n) is 10.5. The van der Waals surface area contributed by atoms with Crippen molar-refractivity contribution in [1.29, 1.82) is 0 Å². The summed E-state index contributed by atoms with van der Waals surface area (Å²) in [6.07, 6.45) is 1.54. The summed E-state index contributed by atoms with van der Waals surface area (Å²) in [6.45, 7) is 5.66. The van der Waals surface area contributed by atoms with Crippen molar-refractivity contribution in [2.45, 2.75) is 43.0 Å². The lowest BCUT2D eigenvalue weighted by molar-refractivity contribution is -0.122. The molecule has 1 amide bonds. The second kappa shape index (κ2) is 9.53. The van der Waals surface area contributed by atoms with Crippen LogP contribution in [0.15, 0.2) is 63.1 Å². The summed E-state index contributed by atoms with van der Waals surface area (Å²) in [5.41, 5.74) is 1.40. The van der Waals surface area contributed by atoms with Gasteiger partial charge in [-0.3, -0.25) is 9.36 Å². The van der Waals surface area contributed by atoms with Crippen LogP contribution >= 0.6 is 11.8 Å². The number of aromatic nitrogens is 3. The lowest BCUT2D eigenvalue weighted by Gasteiger charge is -2.21. The monoisotopic (exact) mass is 438 g/mol. The van der Waals surface area contributed by atoms with Crippen LogP contribution in [0.2, 0.25) is 0 Å². The minimum Gasteiger partial charge on any atom is -0.381 e. The van der Waals surface area contributed by atoms with E-state index >= 15 is 0 Å². The van der Waals surface area contributed by atoms with Crippen molar-refractivity contribution in [3.05, 3.63) is 64.8 Å². The smallest absolute Gasteiger partial charge is 0.350 e. The van der Waals surface area contributed by atoms with Crippen molar-refractivity contribution >= 4 is 23.4 Å².